The number of esters is 1. The van der Waals surface area contributed by atoms with E-state index >= 15 is 0 Å². The van der Waals surface area contributed by atoms with Gasteiger partial charge in [-0.15, -0.1) is 0 Å². The number of aryl methyl sites for hydroxylation is 1. The maximum absolute atomic E-state index is 12.6. The zero-order valence-electron chi connectivity index (χ0n) is 15.8. The molecule has 29 heavy (non-hydrogen) atoms. The van der Waals surface area contributed by atoms with Gasteiger partial charge >= 0.3 is 5.97 Å². The third-order valence-electron chi connectivity index (χ3n) is 4.54. The average molecular weight is 409 g/mol. The number of amides is 1. The number of nitrogens with zero attached hydrogens (tertiary/aromatic N) is 3. The summed E-state index contributed by atoms with van der Waals surface area (Å²) < 4.78 is 10.3. The Morgan fingerprint density at radius 1 is 1.24 bits per heavy atom. The molecule has 0 spiro atoms. The number of para-hydroxylation sites is 1. The van der Waals surface area contributed by atoms with Gasteiger partial charge in [-0.2, -0.15) is 0 Å². The van der Waals surface area contributed by atoms with E-state index in [2.05, 4.69) is 10.1 Å². The third-order valence-corrected chi connectivity index (χ3v) is 5.58. The van der Waals surface area contributed by atoms with Gasteiger partial charge in [0.2, 0.25) is 0 Å². The van der Waals surface area contributed by atoms with E-state index in [-0.39, 0.29) is 12.5 Å². The van der Waals surface area contributed by atoms with Crippen molar-refractivity contribution in [2.24, 2.45) is 0 Å². The molecule has 0 N–H and O–H groups in total. The fourth-order valence-corrected chi connectivity index (χ4v) is 4.03. The number of fused-ring (bicyclic) bond motifs is 1. The van der Waals surface area contributed by atoms with Gasteiger partial charge in [0.15, 0.2) is 6.61 Å². The van der Waals surface area contributed by atoms with Crippen molar-refractivity contribution in [3.8, 4) is 0 Å². The molecule has 0 aliphatic carbocycles. The second-order valence-electron chi connectivity index (χ2n) is 6.57. The number of anilines is 1. The lowest BCUT2D eigenvalue weighted by molar-refractivity contribution is -0.121. The largest absolute Gasteiger partial charge is 0.452 e. The minimum Gasteiger partial charge on any atom is -0.452 e. The van der Waals surface area contributed by atoms with Gasteiger partial charge in [0.05, 0.1) is 11.3 Å². The van der Waals surface area contributed by atoms with Crippen LogP contribution in [0.3, 0.4) is 0 Å². The predicted octanol–water partition coefficient (Wildman–Crippen LogP) is 3.42. The van der Waals surface area contributed by atoms with Gasteiger partial charge in [0.1, 0.15) is 10.8 Å². The molecule has 8 heteroatoms. The number of rotatable bonds is 6. The van der Waals surface area contributed by atoms with Crippen LogP contribution in [0.5, 0.6) is 0 Å². The van der Waals surface area contributed by atoms with Crippen LogP contribution in [0.1, 0.15) is 27.4 Å². The topological polar surface area (TPSA) is 85.5 Å². The third kappa shape index (κ3) is 4.32. The summed E-state index contributed by atoms with van der Waals surface area (Å²) in [5, 5.41) is 4.46. The van der Waals surface area contributed by atoms with Crippen LogP contribution in [0, 0.1) is 6.92 Å². The zero-order valence-corrected chi connectivity index (χ0v) is 16.6. The predicted molar refractivity (Wildman–Crippen MR) is 108 cm³/mol. The minimum absolute atomic E-state index is 0.237. The maximum Gasteiger partial charge on any atom is 0.341 e. The zero-order chi connectivity index (χ0) is 20.2. The van der Waals surface area contributed by atoms with Crippen LogP contribution in [-0.2, 0) is 21.7 Å². The molecule has 148 valence electrons. The van der Waals surface area contributed by atoms with Gasteiger partial charge in [-0.1, -0.05) is 35.1 Å². The van der Waals surface area contributed by atoms with Crippen molar-refractivity contribution in [1.82, 2.24) is 10.1 Å². The maximum atomic E-state index is 12.6. The van der Waals surface area contributed by atoms with Gasteiger partial charge in [0.25, 0.3) is 5.91 Å². The smallest absolute Gasteiger partial charge is 0.341 e. The number of pyridine rings is 1. The van der Waals surface area contributed by atoms with Crippen molar-refractivity contribution in [3.05, 3.63) is 71.2 Å². The molecule has 4 rings (SSSR count). The molecular formula is C21H19N3O4S. The molecule has 0 bridgehead atoms. The highest BCUT2D eigenvalue weighted by Crippen LogP contribution is 2.28. The lowest BCUT2D eigenvalue weighted by Gasteiger charge is -2.17. The molecule has 0 saturated heterocycles. The monoisotopic (exact) mass is 409 g/mol. The summed E-state index contributed by atoms with van der Waals surface area (Å²) in [7, 11) is 0. The van der Waals surface area contributed by atoms with Crippen LogP contribution < -0.4 is 4.90 Å². The number of thioether (sulfide) groups is 1. The normalized spacial score (nSPS) is 12.7. The highest BCUT2D eigenvalue weighted by Gasteiger charge is 2.25. The molecule has 0 unspecified atom stereocenters. The van der Waals surface area contributed by atoms with E-state index < -0.39 is 5.97 Å². The van der Waals surface area contributed by atoms with Crippen LogP contribution >= 0.6 is 11.8 Å². The number of carbonyl (C=O) groups is 2. The Bertz CT molecular complexity index is 1050. The summed E-state index contributed by atoms with van der Waals surface area (Å²) in [6.07, 6.45) is 2.42. The minimum atomic E-state index is -0.572. The fraction of sp³-hybridized carbons (Fsp3) is 0.238. The number of hydrogen-bond acceptors (Lipinski definition) is 7. The first-order chi connectivity index (χ1) is 14.1. The van der Waals surface area contributed by atoms with Crippen LogP contribution in [-0.4, -0.2) is 35.2 Å². The molecular weight excluding hydrogens is 390 g/mol. The van der Waals surface area contributed by atoms with E-state index in [0.29, 0.717) is 22.9 Å². The van der Waals surface area contributed by atoms with Crippen molar-refractivity contribution in [1.29, 1.82) is 0 Å². The van der Waals surface area contributed by atoms with Gasteiger partial charge < -0.3 is 14.2 Å². The Balaban J connectivity index is 1.38. The fourth-order valence-electron chi connectivity index (χ4n) is 3.17. The first-order valence-electron chi connectivity index (χ1n) is 9.17. The Kier molecular flexibility index (Phi) is 5.62. The first-order valence-corrected chi connectivity index (χ1v) is 10.2. The molecule has 1 aliphatic rings. The van der Waals surface area contributed by atoms with Gasteiger partial charge in [-0.05, 0) is 37.1 Å². The average Bonchev–Trinajstić information content (AvgIpc) is 3.36. The number of aromatic nitrogens is 2. The van der Waals surface area contributed by atoms with E-state index in [1.54, 1.807) is 23.2 Å². The van der Waals surface area contributed by atoms with E-state index in [1.165, 1.54) is 11.8 Å². The number of ether oxygens (including phenoxy) is 1. The van der Waals surface area contributed by atoms with E-state index in [9.17, 15) is 9.59 Å². The highest BCUT2D eigenvalue weighted by atomic mass is 32.2. The van der Waals surface area contributed by atoms with Crippen LogP contribution in [0.2, 0.25) is 0 Å². The summed E-state index contributed by atoms with van der Waals surface area (Å²) >= 11 is 1.36. The van der Waals surface area contributed by atoms with Crippen molar-refractivity contribution in [2.75, 3.05) is 18.1 Å². The molecule has 3 heterocycles. The van der Waals surface area contributed by atoms with Crippen LogP contribution in [0.15, 0.2) is 58.2 Å². The highest BCUT2D eigenvalue weighted by molar-refractivity contribution is 7.98. The molecule has 1 amide bonds. The van der Waals surface area contributed by atoms with Crippen LogP contribution in [0.25, 0.3) is 0 Å². The van der Waals surface area contributed by atoms with E-state index in [1.807, 2.05) is 37.3 Å². The lowest BCUT2D eigenvalue weighted by Crippen LogP contribution is -2.33. The Labute approximate surface area is 172 Å². The van der Waals surface area contributed by atoms with Gasteiger partial charge in [0, 0.05) is 30.2 Å². The molecule has 2 aromatic heterocycles. The molecule has 0 atom stereocenters. The van der Waals surface area contributed by atoms with Gasteiger partial charge in [-0.3, -0.25) is 4.79 Å². The Hall–Kier alpha value is -3.13. The van der Waals surface area contributed by atoms with Gasteiger partial charge in [-0.25, -0.2) is 9.78 Å². The number of benzene rings is 1. The molecule has 0 saturated carbocycles. The van der Waals surface area contributed by atoms with Crippen molar-refractivity contribution in [2.45, 2.75) is 24.1 Å². The summed E-state index contributed by atoms with van der Waals surface area (Å²) in [5.41, 5.74) is 3.10. The number of carbonyl (C=O) groups excluding carboxylic acids is 2. The summed E-state index contributed by atoms with van der Waals surface area (Å²) in [4.78, 5) is 31.0. The first kappa shape index (κ1) is 19.2. The molecule has 0 fully saturated rings. The van der Waals surface area contributed by atoms with Crippen molar-refractivity contribution >= 4 is 29.3 Å². The Morgan fingerprint density at radius 3 is 2.93 bits per heavy atom. The molecule has 3 aromatic rings. The summed E-state index contributed by atoms with van der Waals surface area (Å²) in [6.45, 7) is 2.11. The summed E-state index contributed by atoms with van der Waals surface area (Å²) in [6, 6.07) is 12.9. The SMILES string of the molecule is Cc1cc(CSc2ncccc2C(=O)OCC(=O)N2CCc3ccccc32)no1. The Morgan fingerprint density at radius 2 is 2.10 bits per heavy atom. The van der Waals surface area contributed by atoms with E-state index in [0.717, 1.165) is 29.1 Å². The summed E-state index contributed by atoms with van der Waals surface area (Å²) in [5.74, 6) is 0.429. The van der Waals surface area contributed by atoms with E-state index in [4.69, 9.17) is 9.26 Å². The molecule has 1 aliphatic heterocycles. The second-order valence-corrected chi connectivity index (χ2v) is 7.54. The number of hydrogen-bond donors (Lipinski definition) is 0. The second kappa shape index (κ2) is 8.48. The quantitative estimate of drug-likeness (QED) is 0.455. The lowest BCUT2D eigenvalue weighted by atomic mass is 10.2. The molecule has 0 radical (unpaired) electrons. The van der Waals surface area contributed by atoms with Crippen molar-refractivity contribution < 1.29 is 18.8 Å². The van der Waals surface area contributed by atoms with Crippen molar-refractivity contribution in [3.63, 3.8) is 0 Å². The molecule has 1 aromatic carbocycles. The molecule has 7 nitrogen and oxygen atoms in total. The van der Waals surface area contributed by atoms with Crippen LogP contribution in [0.4, 0.5) is 5.69 Å². The standard InChI is InChI=1S/C21H19N3O4S/c1-14-11-16(23-28-14)13-29-20-17(6-4-9-22-20)21(26)27-12-19(25)24-10-8-15-5-2-3-7-18(15)24/h2-7,9,11H,8,10,12-13H2,1H3.